The molecule has 80 valence electrons. The molecule has 13 heavy (non-hydrogen) atoms. The quantitative estimate of drug-likeness (QED) is 0.405. The predicted octanol–water partition coefficient (Wildman–Crippen LogP) is 3.12. The zero-order valence-electron chi connectivity index (χ0n) is 5.35. The third-order valence-corrected chi connectivity index (χ3v) is 1.16. The van der Waals surface area contributed by atoms with Gasteiger partial charge in [-0.2, -0.15) is 30.7 Å². The molecule has 1 nitrogen and oxygen atoms in total. The lowest BCUT2D eigenvalue weighted by Crippen LogP contribution is -2.56. The first-order chi connectivity index (χ1) is 5.44. The molecule has 0 amide bonds. The maximum absolute atomic E-state index is 11.8. The van der Waals surface area contributed by atoms with E-state index in [4.69, 9.17) is 0 Å². The smallest absolute Gasteiger partial charge is 0.187 e. The Hall–Kier alpha value is -0.310. The van der Waals surface area contributed by atoms with Gasteiger partial charge in [0.05, 0.1) is 0 Å². The molecule has 0 aromatic heterocycles. The standard InChI is InChI=1S/C3ClF8N/c4-13(12)3(10,11)1(5,6)2(7,8)9. The summed E-state index contributed by atoms with van der Waals surface area (Å²) in [6.45, 7) is 0. The number of halogens is 9. The molecule has 0 heterocycles. The normalized spacial score (nSPS) is 15.2. The number of hydrogen-bond acceptors (Lipinski definition) is 1. The minimum Gasteiger partial charge on any atom is -0.187 e. The first-order valence-electron chi connectivity index (χ1n) is 2.38. The van der Waals surface area contributed by atoms with Crippen molar-refractivity contribution < 1.29 is 35.2 Å². The van der Waals surface area contributed by atoms with Gasteiger partial charge in [-0.25, -0.2) is 0 Å². The predicted molar refractivity (Wildman–Crippen MR) is 24.7 cm³/mol. The summed E-state index contributed by atoms with van der Waals surface area (Å²) in [6, 6.07) is -6.15. The number of nitrogens with zero attached hydrogens (tertiary/aromatic N) is 1. The van der Waals surface area contributed by atoms with Gasteiger partial charge in [0.15, 0.2) is 0 Å². The Kier molecular flexibility index (Phi) is 3.05. The zero-order chi connectivity index (χ0) is 11.1. The van der Waals surface area contributed by atoms with Crippen molar-refractivity contribution in [3.05, 3.63) is 0 Å². The molecular formula is C3ClF8N. The first kappa shape index (κ1) is 12.7. The lowest BCUT2D eigenvalue weighted by Gasteiger charge is -2.27. The second kappa shape index (κ2) is 3.12. The van der Waals surface area contributed by atoms with Crippen LogP contribution in [0.1, 0.15) is 0 Å². The summed E-state index contributed by atoms with van der Waals surface area (Å²) in [5, 5.41) is 0. The van der Waals surface area contributed by atoms with Crippen molar-refractivity contribution in [3.63, 3.8) is 0 Å². The number of hydrogen-bond donors (Lipinski definition) is 0. The lowest BCUT2D eigenvalue weighted by molar-refractivity contribution is -0.395. The second-order valence-electron chi connectivity index (χ2n) is 1.85. The molecule has 0 aliphatic carbocycles. The second-order valence-corrected chi connectivity index (χ2v) is 2.14. The van der Waals surface area contributed by atoms with Crippen LogP contribution < -0.4 is 0 Å². The molecule has 0 spiro atoms. The molecule has 0 aliphatic rings. The highest BCUT2D eigenvalue weighted by Gasteiger charge is 2.76. The summed E-state index contributed by atoms with van der Waals surface area (Å²) >= 11 is 3.70. The van der Waals surface area contributed by atoms with Crippen molar-refractivity contribution >= 4 is 11.8 Å². The van der Waals surface area contributed by atoms with E-state index in [2.05, 4.69) is 11.8 Å². The minimum atomic E-state index is -6.59. The van der Waals surface area contributed by atoms with Gasteiger partial charge in [0.2, 0.25) is 0 Å². The molecule has 10 heteroatoms. The summed E-state index contributed by atoms with van der Waals surface area (Å²) < 4.78 is 89.5. The van der Waals surface area contributed by atoms with Crippen LogP contribution in [0.2, 0.25) is 0 Å². The molecule has 0 rings (SSSR count). The van der Waals surface area contributed by atoms with E-state index >= 15 is 0 Å². The van der Waals surface area contributed by atoms with Gasteiger partial charge >= 0.3 is 18.1 Å². The summed E-state index contributed by atoms with van der Waals surface area (Å²) in [6.07, 6.45) is -6.59. The van der Waals surface area contributed by atoms with Crippen LogP contribution in [0.25, 0.3) is 0 Å². The van der Waals surface area contributed by atoms with E-state index in [0.717, 1.165) is 0 Å². The van der Waals surface area contributed by atoms with E-state index in [0.29, 0.717) is 0 Å². The fourth-order valence-electron chi connectivity index (χ4n) is 0.277. The van der Waals surface area contributed by atoms with E-state index in [-0.39, 0.29) is 0 Å². The Labute approximate surface area is 70.9 Å². The van der Waals surface area contributed by atoms with E-state index in [1.807, 2.05) is 0 Å². The average Bonchev–Trinajstić information content (AvgIpc) is 1.84. The molecule has 0 fully saturated rings. The van der Waals surface area contributed by atoms with Crippen molar-refractivity contribution in [1.29, 1.82) is 0 Å². The molecule has 0 radical (unpaired) electrons. The Morgan fingerprint density at radius 3 is 1.23 bits per heavy atom. The third-order valence-electron chi connectivity index (χ3n) is 0.946. The van der Waals surface area contributed by atoms with Crippen molar-refractivity contribution in [1.82, 2.24) is 4.64 Å². The van der Waals surface area contributed by atoms with Crippen LogP contribution in [0.15, 0.2) is 0 Å². The SMILES string of the molecule is FN(Cl)C(F)(F)C(F)(F)C(F)(F)F. The number of alkyl halides is 7. The van der Waals surface area contributed by atoms with E-state index in [1.54, 1.807) is 0 Å². The molecule has 0 bridgehead atoms. The topological polar surface area (TPSA) is 3.24 Å². The van der Waals surface area contributed by atoms with E-state index in [1.165, 1.54) is 0 Å². The first-order valence-corrected chi connectivity index (χ1v) is 2.72. The van der Waals surface area contributed by atoms with Crippen LogP contribution in [0.3, 0.4) is 0 Å². The zero-order valence-corrected chi connectivity index (χ0v) is 6.10. The molecular weight excluding hydrogens is 237 g/mol. The van der Waals surface area contributed by atoms with Crippen molar-refractivity contribution in [2.75, 3.05) is 0 Å². The van der Waals surface area contributed by atoms with Gasteiger partial charge in [0, 0.05) is 16.4 Å². The molecule has 0 aromatic rings. The molecule has 0 aromatic carbocycles. The van der Waals surface area contributed by atoms with Gasteiger partial charge in [0.25, 0.3) is 0 Å². The van der Waals surface area contributed by atoms with E-state index in [9.17, 15) is 35.2 Å². The van der Waals surface area contributed by atoms with Gasteiger partial charge in [-0.3, -0.25) is 0 Å². The van der Waals surface area contributed by atoms with Crippen molar-refractivity contribution in [3.8, 4) is 0 Å². The average molecular weight is 237 g/mol. The van der Waals surface area contributed by atoms with Crippen molar-refractivity contribution in [2.24, 2.45) is 0 Å². The fraction of sp³-hybridized carbons (Fsp3) is 1.00. The van der Waals surface area contributed by atoms with Gasteiger partial charge in [-0.05, 0) is 0 Å². The Bertz CT molecular complexity index is 184. The van der Waals surface area contributed by atoms with Crippen LogP contribution in [0.5, 0.6) is 0 Å². The van der Waals surface area contributed by atoms with Gasteiger partial charge in [-0.15, -0.1) is 4.48 Å². The van der Waals surface area contributed by atoms with Crippen LogP contribution in [0.4, 0.5) is 35.2 Å². The Balaban J connectivity index is 5.04. The highest BCUT2D eigenvalue weighted by molar-refractivity contribution is 6.12. The Morgan fingerprint density at radius 2 is 1.15 bits per heavy atom. The summed E-state index contributed by atoms with van der Waals surface area (Å²) in [7, 11) is 0. The molecule has 0 saturated carbocycles. The molecule has 0 aliphatic heterocycles. The van der Waals surface area contributed by atoms with Crippen LogP contribution in [0, 0.1) is 0 Å². The Morgan fingerprint density at radius 1 is 0.846 bits per heavy atom. The minimum absolute atomic E-state index is 2.51. The number of rotatable bonds is 2. The molecule has 0 unspecified atom stereocenters. The lowest BCUT2D eigenvalue weighted by atomic mass is 10.3. The van der Waals surface area contributed by atoms with Gasteiger partial charge < -0.3 is 0 Å². The van der Waals surface area contributed by atoms with E-state index < -0.39 is 22.8 Å². The molecule has 0 atom stereocenters. The third kappa shape index (κ3) is 1.96. The van der Waals surface area contributed by atoms with Crippen LogP contribution in [-0.2, 0) is 0 Å². The highest BCUT2D eigenvalue weighted by Crippen LogP contribution is 2.48. The van der Waals surface area contributed by atoms with Crippen LogP contribution in [-0.4, -0.2) is 22.8 Å². The maximum Gasteiger partial charge on any atom is 0.461 e. The molecule has 0 saturated heterocycles. The summed E-state index contributed by atoms with van der Waals surface area (Å²) in [4.78, 5) is 0. The van der Waals surface area contributed by atoms with Gasteiger partial charge in [-0.1, -0.05) is 0 Å². The largest absolute Gasteiger partial charge is 0.461 e. The van der Waals surface area contributed by atoms with Crippen molar-refractivity contribution in [2.45, 2.75) is 18.1 Å². The monoisotopic (exact) mass is 237 g/mol. The highest BCUT2D eigenvalue weighted by atomic mass is 35.5. The molecule has 0 N–H and O–H groups in total. The fourth-order valence-corrected chi connectivity index (χ4v) is 0.383. The maximum atomic E-state index is 11.8. The van der Waals surface area contributed by atoms with Crippen LogP contribution >= 0.6 is 11.8 Å². The van der Waals surface area contributed by atoms with Gasteiger partial charge in [0.1, 0.15) is 0 Å². The summed E-state index contributed by atoms with van der Waals surface area (Å²) in [5.41, 5.74) is 0. The summed E-state index contributed by atoms with van der Waals surface area (Å²) in [5.74, 6) is -6.56.